The van der Waals surface area contributed by atoms with E-state index in [0.29, 0.717) is 5.69 Å². The molecule has 0 aliphatic heterocycles. The molecule has 0 amide bonds. The molecule has 1 heterocycles. The number of Topliss-reactive ketones (excluding diaryl/α,β-unsaturated/α-hetero) is 1. The fourth-order valence-electron chi connectivity index (χ4n) is 1.39. The summed E-state index contributed by atoms with van der Waals surface area (Å²) in [6.07, 6.45) is 3.47. The fourth-order valence-corrected chi connectivity index (χ4v) is 1.39. The van der Waals surface area contributed by atoms with Crippen LogP contribution in [-0.2, 0) is 0 Å². The van der Waals surface area contributed by atoms with E-state index in [4.69, 9.17) is 5.26 Å². The van der Waals surface area contributed by atoms with Gasteiger partial charge in [-0.15, -0.1) is 0 Å². The van der Waals surface area contributed by atoms with Gasteiger partial charge < -0.3 is 4.57 Å². The quantitative estimate of drug-likeness (QED) is 0.708. The van der Waals surface area contributed by atoms with Gasteiger partial charge in [-0.2, -0.15) is 5.26 Å². The lowest BCUT2D eigenvalue weighted by atomic mass is 10.0. The van der Waals surface area contributed by atoms with Crippen molar-refractivity contribution in [1.29, 1.82) is 5.26 Å². The first-order valence-electron chi connectivity index (χ1n) is 5.01. The molecule has 0 radical (unpaired) electrons. The number of aromatic nitrogens is 2. The zero-order valence-electron chi connectivity index (χ0n) is 9.27. The van der Waals surface area contributed by atoms with Crippen molar-refractivity contribution < 1.29 is 4.79 Å². The Morgan fingerprint density at radius 2 is 2.27 bits per heavy atom. The van der Waals surface area contributed by atoms with Crippen molar-refractivity contribution in [3.8, 4) is 6.07 Å². The van der Waals surface area contributed by atoms with Crippen LogP contribution >= 0.6 is 0 Å². The second-order valence-corrected chi connectivity index (χ2v) is 3.91. The molecule has 80 valence electrons. The zero-order chi connectivity index (χ0) is 11.4. The van der Waals surface area contributed by atoms with Crippen molar-refractivity contribution in [3.05, 3.63) is 18.2 Å². The molecule has 1 atom stereocenters. The molecule has 1 aromatic rings. The Morgan fingerprint density at radius 3 is 2.80 bits per heavy atom. The maximum atomic E-state index is 11.9. The van der Waals surface area contributed by atoms with E-state index in [2.05, 4.69) is 4.98 Å². The highest BCUT2D eigenvalue weighted by Crippen LogP contribution is 2.15. The van der Waals surface area contributed by atoms with Crippen molar-refractivity contribution in [1.82, 2.24) is 9.55 Å². The highest BCUT2D eigenvalue weighted by molar-refractivity contribution is 5.96. The van der Waals surface area contributed by atoms with Crippen molar-refractivity contribution in [2.24, 2.45) is 5.92 Å². The van der Waals surface area contributed by atoms with Crippen LogP contribution in [0.25, 0.3) is 0 Å². The minimum atomic E-state index is -0.260. The van der Waals surface area contributed by atoms with Gasteiger partial charge in [0.1, 0.15) is 5.69 Å². The number of nitrogens with zero attached hydrogens (tertiary/aromatic N) is 3. The smallest absolute Gasteiger partial charge is 0.184 e. The average molecular weight is 205 g/mol. The summed E-state index contributed by atoms with van der Waals surface area (Å²) in [5.41, 5.74) is 0.591. The second-order valence-electron chi connectivity index (χ2n) is 3.91. The van der Waals surface area contributed by atoms with Crippen LogP contribution in [0.5, 0.6) is 0 Å². The lowest BCUT2D eigenvalue weighted by Crippen LogP contribution is -2.16. The molecule has 0 saturated heterocycles. The van der Waals surface area contributed by atoms with Gasteiger partial charge in [-0.25, -0.2) is 4.98 Å². The van der Waals surface area contributed by atoms with Gasteiger partial charge in [-0.05, 0) is 13.8 Å². The topological polar surface area (TPSA) is 58.7 Å². The van der Waals surface area contributed by atoms with E-state index < -0.39 is 0 Å². The van der Waals surface area contributed by atoms with Gasteiger partial charge in [0.2, 0.25) is 0 Å². The van der Waals surface area contributed by atoms with Gasteiger partial charge in [0.05, 0.1) is 18.6 Å². The molecule has 0 spiro atoms. The van der Waals surface area contributed by atoms with Crippen LogP contribution in [0, 0.1) is 17.2 Å². The van der Waals surface area contributed by atoms with E-state index in [0.717, 1.165) is 0 Å². The molecule has 4 nitrogen and oxygen atoms in total. The van der Waals surface area contributed by atoms with E-state index in [1.165, 1.54) is 0 Å². The number of imidazole rings is 1. The fraction of sp³-hybridized carbons (Fsp3) is 0.545. The molecular weight excluding hydrogens is 190 g/mol. The Hall–Kier alpha value is -1.63. The zero-order valence-corrected chi connectivity index (χ0v) is 9.27. The van der Waals surface area contributed by atoms with E-state index in [1.807, 2.05) is 24.5 Å². The first-order chi connectivity index (χ1) is 7.07. The molecular formula is C11H15N3O. The lowest BCUT2D eigenvalue weighted by molar-refractivity contribution is 0.0921. The number of ketones is 1. The minimum absolute atomic E-state index is 0.0113. The Balaban J connectivity index is 2.92. The lowest BCUT2D eigenvalue weighted by Gasteiger charge is -2.12. The first-order valence-corrected chi connectivity index (χ1v) is 5.01. The van der Waals surface area contributed by atoms with Crippen molar-refractivity contribution in [3.63, 3.8) is 0 Å². The largest absolute Gasteiger partial charge is 0.326 e. The van der Waals surface area contributed by atoms with Crippen LogP contribution in [0.15, 0.2) is 12.5 Å². The molecule has 1 aromatic heterocycles. The SMILES string of the molecule is CC(CC#N)C(=O)c1cncn1C(C)C. The molecule has 0 aromatic carbocycles. The Morgan fingerprint density at radius 1 is 1.60 bits per heavy atom. The molecule has 15 heavy (non-hydrogen) atoms. The third-order valence-corrected chi connectivity index (χ3v) is 2.32. The normalized spacial score (nSPS) is 12.5. The maximum Gasteiger partial charge on any atom is 0.184 e. The standard InChI is InChI=1S/C11H15N3O/c1-8(2)14-7-13-6-10(14)11(15)9(3)4-5-12/h6-9H,4H2,1-3H3. The number of nitriles is 1. The number of rotatable bonds is 4. The van der Waals surface area contributed by atoms with E-state index in [-0.39, 0.29) is 24.2 Å². The van der Waals surface area contributed by atoms with E-state index in [9.17, 15) is 4.79 Å². The molecule has 0 aliphatic carbocycles. The molecule has 1 rings (SSSR count). The minimum Gasteiger partial charge on any atom is -0.326 e. The van der Waals surface area contributed by atoms with Crippen LogP contribution in [0.1, 0.15) is 43.7 Å². The first kappa shape index (κ1) is 11.4. The van der Waals surface area contributed by atoms with E-state index in [1.54, 1.807) is 19.4 Å². The third kappa shape index (κ3) is 2.44. The van der Waals surface area contributed by atoms with Crippen LogP contribution in [0.2, 0.25) is 0 Å². The van der Waals surface area contributed by atoms with Crippen LogP contribution in [-0.4, -0.2) is 15.3 Å². The third-order valence-electron chi connectivity index (χ3n) is 2.32. The van der Waals surface area contributed by atoms with Crippen molar-refractivity contribution >= 4 is 5.78 Å². The number of hydrogen-bond donors (Lipinski definition) is 0. The summed E-state index contributed by atoms with van der Waals surface area (Å²) in [4.78, 5) is 15.9. The number of carbonyl (C=O) groups is 1. The summed E-state index contributed by atoms with van der Waals surface area (Å²) >= 11 is 0. The van der Waals surface area contributed by atoms with Gasteiger partial charge in [-0.3, -0.25) is 4.79 Å². The van der Waals surface area contributed by atoms with Crippen LogP contribution in [0.3, 0.4) is 0 Å². The van der Waals surface area contributed by atoms with Gasteiger partial charge in [0, 0.05) is 18.4 Å². The Labute approximate surface area is 89.5 Å². The molecule has 0 aliphatic rings. The van der Waals surface area contributed by atoms with Crippen LogP contribution in [0.4, 0.5) is 0 Å². The highest BCUT2D eigenvalue weighted by atomic mass is 16.1. The van der Waals surface area contributed by atoms with Crippen molar-refractivity contribution in [2.75, 3.05) is 0 Å². The molecule has 0 N–H and O–H groups in total. The summed E-state index contributed by atoms with van der Waals surface area (Å²) in [5.74, 6) is -0.271. The van der Waals surface area contributed by atoms with Gasteiger partial charge in [0.25, 0.3) is 0 Å². The molecule has 1 unspecified atom stereocenters. The predicted molar refractivity (Wildman–Crippen MR) is 56.3 cm³/mol. The molecule has 0 fully saturated rings. The highest BCUT2D eigenvalue weighted by Gasteiger charge is 2.19. The second kappa shape index (κ2) is 4.74. The summed E-state index contributed by atoms with van der Waals surface area (Å²) in [5, 5.41) is 8.54. The number of carbonyl (C=O) groups excluding carboxylic acids is 1. The van der Waals surface area contributed by atoms with Crippen LogP contribution < -0.4 is 0 Å². The molecule has 4 heteroatoms. The summed E-state index contributed by atoms with van der Waals surface area (Å²) < 4.78 is 1.83. The predicted octanol–water partition coefficient (Wildman–Crippen LogP) is 2.20. The monoisotopic (exact) mass is 205 g/mol. The summed E-state index contributed by atoms with van der Waals surface area (Å²) in [6.45, 7) is 5.75. The van der Waals surface area contributed by atoms with Gasteiger partial charge in [0.15, 0.2) is 5.78 Å². The summed E-state index contributed by atoms with van der Waals surface area (Å²) in [7, 11) is 0. The maximum absolute atomic E-state index is 11.9. The van der Waals surface area contributed by atoms with Gasteiger partial charge >= 0.3 is 0 Å². The number of hydrogen-bond acceptors (Lipinski definition) is 3. The molecule has 0 saturated carbocycles. The summed E-state index contributed by atoms with van der Waals surface area (Å²) in [6, 6.07) is 2.22. The molecule has 0 bridgehead atoms. The Bertz CT molecular complexity index is 387. The van der Waals surface area contributed by atoms with E-state index >= 15 is 0 Å². The van der Waals surface area contributed by atoms with Gasteiger partial charge in [-0.1, -0.05) is 6.92 Å². The van der Waals surface area contributed by atoms with Crippen molar-refractivity contribution in [2.45, 2.75) is 33.2 Å². The average Bonchev–Trinajstić information content (AvgIpc) is 2.65. The Kier molecular flexibility index (Phi) is 3.62.